The normalized spacial score (nSPS) is 40.3. The Morgan fingerprint density at radius 1 is 1.27 bits per heavy atom. The maximum absolute atomic E-state index is 11.4. The SMILES string of the molecule is CC1CCC(C)C(=O)[C@@H](C)N1. The summed E-state index contributed by atoms with van der Waals surface area (Å²) in [6.07, 6.45) is 2.16. The Hall–Kier alpha value is -0.370. The van der Waals surface area contributed by atoms with Crippen LogP contribution in [0.3, 0.4) is 0 Å². The number of ketones is 1. The van der Waals surface area contributed by atoms with Crippen LogP contribution < -0.4 is 5.32 Å². The van der Waals surface area contributed by atoms with E-state index in [0.29, 0.717) is 11.8 Å². The Labute approximate surface area is 68.4 Å². The second-order valence-electron chi connectivity index (χ2n) is 3.67. The molecule has 1 fully saturated rings. The lowest BCUT2D eigenvalue weighted by Crippen LogP contribution is -2.38. The van der Waals surface area contributed by atoms with Gasteiger partial charge in [-0.05, 0) is 26.7 Å². The zero-order chi connectivity index (χ0) is 8.43. The van der Waals surface area contributed by atoms with Gasteiger partial charge >= 0.3 is 0 Å². The van der Waals surface area contributed by atoms with Crippen LogP contribution in [0.5, 0.6) is 0 Å². The fraction of sp³-hybridized carbons (Fsp3) is 0.889. The average molecular weight is 155 g/mol. The molecule has 3 atom stereocenters. The molecule has 0 aromatic rings. The number of hydrogen-bond acceptors (Lipinski definition) is 2. The minimum absolute atomic E-state index is 0.0579. The summed E-state index contributed by atoms with van der Waals surface area (Å²) in [6.45, 7) is 6.13. The van der Waals surface area contributed by atoms with Gasteiger partial charge in [0.1, 0.15) is 0 Å². The fourth-order valence-electron chi connectivity index (χ4n) is 1.66. The summed E-state index contributed by atoms with van der Waals surface area (Å²) < 4.78 is 0. The van der Waals surface area contributed by atoms with Crippen molar-refractivity contribution in [1.82, 2.24) is 5.32 Å². The number of nitrogens with one attached hydrogen (secondary N) is 1. The molecule has 1 N–H and O–H groups in total. The van der Waals surface area contributed by atoms with Gasteiger partial charge in [-0.15, -0.1) is 0 Å². The van der Waals surface area contributed by atoms with Crippen molar-refractivity contribution in [2.45, 2.75) is 45.7 Å². The molecular weight excluding hydrogens is 138 g/mol. The number of Topliss-reactive ketones (excluding diaryl/α,β-unsaturated/α-hetero) is 1. The summed E-state index contributed by atoms with van der Waals surface area (Å²) in [6, 6.07) is 0.557. The number of hydrogen-bond donors (Lipinski definition) is 1. The van der Waals surface area contributed by atoms with Gasteiger partial charge in [0.2, 0.25) is 0 Å². The van der Waals surface area contributed by atoms with E-state index in [9.17, 15) is 4.79 Å². The van der Waals surface area contributed by atoms with Crippen molar-refractivity contribution in [1.29, 1.82) is 0 Å². The molecule has 2 unspecified atom stereocenters. The largest absolute Gasteiger partial charge is 0.305 e. The Balaban J connectivity index is 2.61. The van der Waals surface area contributed by atoms with Gasteiger partial charge in [0.15, 0.2) is 5.78 Å². The number of rotatable bonds is 0. The molecule has 0 aromatic carbocycles. The molecular formula is C9H17NO. The molecule has 0 saturated carbocycles. The zero-order valence-corrected chi connectivity index (χ0v) is 7.55. The highest BCUT2D eigenvalue weighted by Crippen LogP contribution is 2.15. The van der Waals surface area contributed by atoms with Gasteiger partial charge in [-0.1, -0.05) is 6.92 Å². The van der Waals surface area contributed by atoms with Gasteiger partial charge in [-0.3, -0.25) is 4.79 Å². The first-order valence-corrected chi connectivity index (χ1v) is 4.41. The lowest BCUT2D eigenvalue weighted by atomic mass is 9.98. The quantitative estimate of drug-likeness (QED) is 0.572. The second-order valence-corrected chi connectivity index (χ2v) is 3.67. The molecule has 0 aliphatic carbocycles. The van der Waals surface area contributed by atoms with Gasteiger partial charge in [0.05, 0.1) is 6.04 Å². The topological polar surface area (TPSA) is 29.1 Å². The third-order valence-corrected chi connectivity index (χ3v) is 2.48. The van der Waals surface area contributed by atoms with Gasteiger partial charge in [0.25, 0.3) is 0 Å². The summed E-state index contributed by atoms with van der Waals surface area (Å²) in [5.74, 6) is 0.622. The van der Waals surface area contributed by atoms with E-state index in [4.69, 9.17) is 0 Å². The molecule has 0 aromatic heterocycles. The lowest BCUT2D eigenvalue weighted by Gasteiger charge is -2.13. The molecule has 64 valence electrons. The van der Waals surface area contributed by atoms with Crippen LogP contribution in [0.2, 0.25) is 0 Å². The first-order chi connectivity index (χ1) is 5.11. The molecule has 1 heterocycles. The molecule has 2 heteroatoms. The molecule has 0 bridgehead atoms. The van der Waals surface area contributed by atoms with Gasteiger partial charge in [-0.25, -0.2) is 0 Å². The van der Waals surface area contributed by atoms with Gasteiger partial charge in [-0.2, -0.15) is 0 Å². The molecule has 1 saturated heterocycles. The molecule has 1 aliphatic rings. The standard InChI is InChI=1S/C9H17NO/c1-6-4-5-7(2)10-8(3)9(6)11/h6-8,10H,4-5H2,1-3H3/t6?,7?,8-/m1/s1. The van der Waals surface area contributed by atoms with Gasteiger partial charge < -0.3 is 5.32 Å². The van der Waals surface area contributed by atoms with Crippen LogP contribution in [0.25, 0.3) is 0 Å². The van der Waals surface area contributed by atoms with Crippen LogP contribution in [-0.2, 0) is 4.79 Å². The van der Waals surface area contributed by atoms with Gasteiger partial charge in [0, 0.05) is 12.0 Å². The first kappa shape index (κ1) is 8.72. The molecule has 0 amide bonds. The molecule has 1 aliphatic heterocycles. The van der Waals surface area contributed by atoms with Crippen LogP contribution in [-0.4, -0.2) is 17.9 Å². The smallest absolute Gasteiger partial charge is 0.152 e. The van der Waals surface area contributed by atoms with Crippen LogP contribution in [0.1, 0.15) is 33.6 Å². The molecule has 11 heavy (non-hydrogen) atoms. The third-order valence-electron chi connectivity index (χ3n) is 2.48. The summed E-state index contributed by atoms with van der Waals surface area (Å²) in [4.78, 5) is 11.4. The lowest BCUT2D eigenvalue weighted by molar-refractivity contribution is -0.123. The van der Waals surface area contributed by atoms with Crippen molar-refractivity contribution < 1.29 is 4.79 Å². The predicted molar refractivity (Wildman–Crippen MR) is 45.5 cm³/mol. The number of carbonyl (C=O) groups excluding carboxylic acids is 1. The fourth-order valence-corrected chi connectivity index (χ4v) is 1.66. The highest BCUT2D eigenvalue weighted by molar-refractivity contribution is 5.85. The van der Waals surface area contributed by atoms with Crippen molar-refractivity contribution in [3.63, 3.8) is 0 Å². The molecule has 0 radical (unpaired) electrons. The minimum Gasteiger partial charge on any atom is -0.305 e. The Morgan fingerprint density at radius 2 is 1.91 bits per heavy atom. The minimum atomic E-state index is 0.0579. The summed E-state index contributed by atoms with van der Waals surface area (Å²) >= 11 is 0. The van der Waals surface area contributed by atoms with Crippen LogP contribution in [0.15, 0.2) is 0 Å². The van der Waals surface area contributed by atoms with Crippen molar-refractivity contribution in [2.24, 2.45) is 5.92 Å². The summed E-state index contributed by atoms with van der Waals surface area (Å²) in [5.41, 5.74) is 0. The second kappa shape index (κ2) is 3.35. The van der Waals surface area contributed by atoms with Crippen LogP contribution >= 0.6 is 0 Å². The zero-order valence-electron chi connectivity index (χ0n) is 7.55. The monoisotopic (exact) mass is 155 g/mol. The Kier molecular flexibility index (Phi) is 2.66. The van der Waals surface area contributed by atoms with E-state index in [2.05, 4.69) is 12.2 Å². The maximum Gasteiger partial charge on any atom is 0.152 e. The maximum atomic E-state index is 11.4. The average Bonchev–Trinajstić information content (AvgIpc) is 2.05. The predicted octanol–water partition coefficient (Wildman–Crippen LogP) is 1.35. The molecule has 0 spiro atoms. The van der Waals surface area contributed by atoms with E-state index in [1.54, 1.807) is 0 Å². The summed E-state index contributed by atoms with van der Waals surface area (Å²) in [7, 11) is 0. The molecule has 2 nitrogen and oxygen atoms in total. The first-order valence-electron chi connectivity index (χ1n) is 4.41. The highest BCUT2D eigenvalue weighted by atomic mass is 16.1. The van der Waals surface area contributed by atoms with E-state index < -0.39 is 0 Å². The summed E-state index contributed by atoms with van der Waals surface area (Å²) in [5, 5.41) is 3.27. The Morgan fingerprint density at radius 3 is 2.55 bits per heavy atom. The Bertz CT molecular complexity index is 156. The number of carbonyl (C=O) groups is 1. The van der Waals surface area contributed by atoms with Crippen molar-refractivity contribution in [3.05, 3.63) is 0 Å². The van der Waals surface area contributed by atoms with E-state index in [1.807, 2.05) is 13.8 Å². The van der Waals surface area contributed by atoms with Crippen molar-refractivity contribution in [3.8, 4) is 0 Å². The van der Waals surface area contributed by atoms with E-state index >= 15 is 0 Å². The van der Waals surface area contributed by atoms with Crippen LogP contribution in [0, 0.1) is 5.92 Å². The van der Waals surface area contributed by atoms with E-state index in [-0.39, 0.29) is 12.0 Å². The van der Waals surface area contributed by atoms with Crippen molar-refractivity contribution >= 4 is 5.78 Å². The van der Waals surface area contributed by atoms with E-state index in [0.717, 1.165) is 12.8 Å². The third kappa shape index (κ3) is 2.03. The molecule has 1 rings (SSSR count). The van der Waals surface area contributed by atoms with Crippen LogP contribution in [0.4, 0.5) is 0 Å². The van der Waals surface area contributed by atoms with E-state index in [1.165, 1.54) is 0 Å². The highest BCUT2D eigenvalue weighted by Gasteiger charge is 2.24. The van der Waals surface area contributed by atoms with Crippen molar-refractivity contribution in [2.75, 3.05) is 0 Å².